The zero-order valence-corrected chi connectivity index (χ0v) is 14.8. The van der Waals surface area contributed by atoms with Gasteiger partial charge >= 0.3 is 0 Å². The maximum Gasteiger partial charge on any atom is 0.276 e. The fraction of sp³-hybridized carbons (Fsp3) is 0.235. The SMILES string of the molecule is N#CCc1ccc(OCC(O)CSc2nnc(-c3cccs3)o2)cc1. The molecule has 1 N–H and O–H groups in total. The first-order valence-electron chi connectivity index (χ1n) is 7.51. The third-order valence-electron chi connectivity index (χ3n) is 3.19. The second-order valence-electron chi connectivity index (χ2n) is 5.11. The lowest BCUT2D eigenvalue weighted by Crippen LogP contribution is -2.20. The van der Waals surface area contributed by atoms with E-state index >= 15 is 0 Å². The molecule has 128 valence electrons. The summed E-state index contributed by atoms with van der Waals surface area (Å²) in [5.41, 5.74) is 0.934. The summed E-state index contributed by atoms with van der Waals surface area (Å²) in [6, 6.07) is 13.2. The van der Waals surface area contributed by atoms with E-state index in [2.05, 4.69) is 16.3 Å². The van der Waals surface area contributed by atoms with Crippen molar-refractivity contribution < 1.29 is 14.3 Å². The van der Waals surface area contributed by atoms with E-state index in [1.807, 2.05) is 29.6 Å². The lowest BCUT2D eigenvalue weighted by atomic mass is 10.2. The van der Waals surface area contributed by atoms with Crippen LogP contribution in [0.3, 0.4) is 0 Å². The monoisotopic (exact) mass is 373 g/mol. The average molecular weight is 373 g/mol. The van der Waals surface area contributed by atoms with Gasteiger partial charge in [0.05, 0.1) is 23.5 Å². The minimum Gasteiger partial charge on any atom is -0.491 e. The van der Waals surface area contributed by atoms with Crippen LogP contribution in [0.2, 0.25) is 0 Å². The van der Waals surface area contributed by atoms with Crippen LogP contribution in [-0.2, 0) is 6.42 Å². The molecule has 8 heteroatoms. The molecule has 2 aromatic heterocycles. The highest BCUT2D eigenvalue weighted by Crippen LogP contribution is 2.26. The number of hydrogen-bond acceptors (Lipinski definition) is 8. The summed E-state index contributed by atoms with van der Waals surface area (Å²) in [4.78, 5) is 0.920. The van der Waals surface area contributed by atoms with E-state index in [4.69, 9.17) is 14.4 Å². The van der Waals surface area contributed by atoms with E-state index in [1.54, 1.807) is 12.1 Å². The van der Waals surface area contributed by atoms with Crippen molar-refractivity contribution in [2.24, 2.45) is 0 Å². The van der Waals surface area contributed by atoms with Crippen LogP contribution in [0.5, 0.6) is 5.75 Å². The molecule has 0 fully saturated rings. The lowest BCUT2D eigenvalue weighted by molar-refractivity contribution is 0.126. The molecule has 0 saturated carbocycles. The summed E-state index contributed by atoms with van der Waals surface area (Å²) in [5, 5.41) is 29.0. The molecule has 0 aliphatic rings. The van der Waals surface area contributed by atoms with Gasteiger partial charge in [-0.2, -0.15) is 5.26 Å². The van der Waals surface area contributed by atoms with Gasteiger partial charge in [0, 0.05) is 5.75 Å². The summed E-state index contributed by atoms with van der Waals surface area (Å²) in [6.07, 6.45) is -0.294. The van der Waals surface area contributed by atoms with Gasteiger partial charge in [-0.15, -0.1) is 21.5 Å². The summed E-state index contributed by atoms with van der Waals surface area (Å²) >= 11 is 2.82. The molecule has 0 amide bonds. The molecule has 1 unspecified atom stereocenters. The van der Waals surface area contributed by atoms with E-state index in [-0.39, 0.29) is 6.61 Å². The van der Waals surface area contributed by atoms with E-state index in [1.165, 1.54) is 23.1 Å². The van der Waals surface area contributed by atoms with Gasteiger partial charge in [0.25, 0.3) is 11.1 Å². The number of thioether (sulfide) groups is 1. The first-order valence-corrected chi connectivity index (χ1v) is 9.38. The van der Waals surface area contributed by atoms with Gasteiger partial charge in [0.2, 0.25) is 0 Å². The Balaban J connectivity index is 1.43. The third kappa shape index (κ3) is 5.06. The highest BCUT2D eigenvalue weighted by Gasteiger charge is 2.13. The maximum atomic E-state index is 10.0. The predicted octanol–water partition coefficient (Wildman–Crippen LogP) is 3.40. The van der Waals surface area contributed by atoms with Gasteiger partial charge in [-0.3, -0.25) is 0 Å². The minimum atomic E-state index is -0.666. The van der Waals surface area contributed by atoms with Crippen LogP contribution < -0.4 is 4.74 Å². The Bertz CT molecular complexity index is 826. The van der Waals surface area contributed by atoms with Crippen LogP contribution in [0.1, 0.15) is 5.56 Å². The molecule has 6 nitrogen and oxygen atoms in total. The number of benzene rings is 1. The van der Waals surface area contributed by atoms with Crippen molar-refractivity contribution in [2.45, 2.75) is 17.7 Å². The number of nitriles is 1. The summed E-state index contributed by atoms with van der Waals surface area (Å²) in [7, 11) is 0. The molecule has 3 rings (SSSR count). The number of aliphatic hydroxyl groups is 1. The van der Waals surface area contributed by atoms with Gasteiger partial charge in [0.1, 0.15) is 12.4 Å². The smallest absolute Gasteiger partial charge is 0.276 e. The number of thiophene rings is 1. The molecule has 1 atom stereocenters. The van der Waals surface area contributed by atoms with Crippen molar-refractivity contribution in [1.29, 1.82) is 5.26 Å². The Morgan fingerprint density at radius 1 is 1.28 bits per heavy atom. The third-order valence-corrected chi connectivity index (χ3v) is 5.01. The Morgan fingerprint density at radius 3 is 2.84 bits per heavy atom. The number of aliphatic hydroxyl groups excluding tert-OH is 1. The molecule has 25 heavy (non-hydrogen) atoms. The Morgan fingerprint density at radius 2 is 2.12 bits per heavy atom. The molecule has 0 bridgehead atoms. The largest absolute Gasteiger partial charge is 0.491 e. The fourth-order valence-electron chi connectivity index (χ4n) is 1.97. The number of aromatic nitrogens is 2. The zero-order valence-electron chi connectivity index (χ0n) is 13.2. The number of rotatable bonds is 8. The average Bonchev–Trinajstić information content (AvgIpc) is 3.31. The van der Waals surface area contributed by atoms with Crippen LogP contribution in [0.25, 0.3) is 10.8 Å². The Kier molecular flexibility index (Phi) is 6.06. The zero-order chi connectivity index (χ0) is 17.5. The second-order valence-corrected chi connectivity index (χ2v) is 7.02. The first-order chi connectivity index (χ1) is 12.2. The van der Waals surface area contributed by atoms with Crippen molar-refractivity contribution >= 4 is 23.1 Å². The standard InChI is InChI=1S/C17H15N3O3S2/c18-8-7-12-3-5-14(6-4-12)22-10-13(21)11-25-17-20-19-16(23-17)15-2-1-9-24-15/h1-6,9,13,21H,7,10-11H2. The van der Waals surface area contributed by atoms with Crippen LogP contribution in [0, 0.1) is 11.3 Å². The van der Waals surface area contributed by atoms with Crippen molar-refractivity contribution in [3.63, 3.8) is 0 Å². The molecule has 0 aliphatic heterocycles. The van der Waals surface area contributed by atoms with E-state index in [0.29, 0.717) is 29.0 Å². The fourth-order valence-corrected chi connectivity index (χ4v) is 3.28. The van der Waals surface area contributed by atoms with Crippen molar-refractivity contribution in [3.05, 3.63) is 47.3 Å². The van der Waals surface area contributed by atoms with Crippen LogP contribution >= 0.6 is 23.1 Å². The normalized spacial score (nSPS) is 11.8. The van der Waals surface area contributed by atoms with Crippen LogP contribution in [0.4, 0.5) is 0 Å². The maximum absolute atomic E-state index is 10.0. The Labute approximate surface area is 153 Å². The molecule has 0 radical (unpaired) electrons. The molecule has 1 aromatic carbocycles. The van der Waals surface area contributed by atoms with Crippen molar-refractivity contribution in [1.82, 2.24) is 10.2 Å². The molecule has 0 saturated heterocycles. The lowest BCUT2D eigenvalue weighted by Gasteiger charge is -2.11. The first kappa shape index (κ1) is 17.5. The molecular weight excluding hydrogens is 358 g/mol. The van der Waals surface area contributed by atoms with Gasteiger partial charge in [-0.05, 0) is 29.1 Å². The number of ether oxygens (including phenoxy) is 1. The minimum absolute atomic E-state index is 0.163. The number of hydrogen-bond donors (Lipinski definition) is 1. The van der Waals surface area contributed by atoms with E-state index < -0.39 is 6.10 Å². The molecular formula is C17H15N3O3S2. The predicted molar refractivity (Wildman–Crippen MR) is 95.6 cm³/mol. The summed E-state index contributed by atoms with van der Waals surface area (Å²) in [6.45, 7) is 0.163. The topological polar surface area (TPSA) is 92.2 Å². The molecule has 0 spiro atoms. The highest BCUT2D eigenvalue weighted by molar-refractivity contribution is 7.99. The highest BCUT2D eigenvalue weighted by atomic mass is 32.2. The second kappa shape index (κ2) is 8.67. The molecule has 3 aromatic rings. The van der Waals surface area contributed by atoms with Crippen molar-refractivity contribution in [3.8, 4) is 22.6 Å². The Hall–Kier alpha value is -2.34. The summed E-state index contributed by atoms with van der Waals surface area (Å²) < 4.78 is 11.1. The van der Waals surface area contributed by atoms with E-state index in [9.17, 15) is 5.11 Å². The van der Waals surface area contributed by atoms with Gasteiger partial charge < -0.3 is 14.3 Å². The van der Waals surface area contributed by atoms with Gasteiger partial charge in [-0.1, -0.05) is 30.0 Å². The quantitative estimate of drug-likeness (QED) is 0.605. The molecule has 2 heterocycles. The van der Waals surface area contributed by atoms with E-state index in [0.717, 1.165) is 10.4 Å². The molecule has 0 aliphatic carbocycles. The van der Waals surface area contributed by atoms with Crippen molar-refractivity contribution in [2.75, 3.05) is 12.4 Å². The van der Waals surface area contributed by atoms with Crippen LogP contribution in [0.15, 0.2) is 51.4 Å². The summed E-state index contributed by atoms with van der Waals surface area (Å²) in [5.74, 6) is 1.53. The van der Waals surface area contributed by atoms with Crippen LogP contribution in [-0.4, -0.2) is 33.8 Å². The van der Waals surface area contributed by atoms with Gasteiger partial charge in [0.15, 0.2) is 0 Å². The number of nitrogens with zero attached hydrogens (tertiary/aromatic N) is 3. The van der Waals surface area contributed by atoms with Gasteiger partial charge in [-0.25, -0.2) is 0 Å².